The summed E-state index contributed by atoms with van der Waals surface area (Å²) in [6.07, 6.45) is 3.75. The molecule has 0 saturated carbocycles. The van der Waals surface area contributed by atoms with E-state index in [1.807, 2.05) is 11.1 Å². The highest BCUT2D eigenvalue weighted by atomic mass is 15.3. The second kappa shape index (κ2) is 1.50. The summed E-state index contributed by atoms with van der Waals surface area (Å²) in [6.45, 7) is 0.833. The van der Waals surface area contributed by atoms with Gasteiger partial charge >= 0.3 is 0 Å². The predicted molar refractivity (Wildman–Crippen MR) is 38.7 cm³/mol. The number of fused-ring (bicyclic) bond motifs is 3. The van der Waals surface area contributed by atoms with Crippen LogP contribution in [0.5, 0.6) is 0 Å². The van der Waals surface area contributed by atoms with E-state index < -0.39 is 0 Å². The number of hydrogen-bond acceptors (Lipinski definition) is 4. The fourth-order valence-electron chi connectivity index (χ4n) is 1.32. The second-order valence-electron chi connectivity index (χ2n) is 2.57. The van der Waals surface area contributed by atoms with E-state index in [-0.39, 0.29) is 0 Å². The standard InChI is InChI=1S/C6H5N5/c1-4-6-5(8-10-9-6)2-11(1)3-7-4/h2-3H,1H2,(H,8,9). The highest BCUT2D eigenvalue weighted by Gasteiger charge is 2.15. The van der Waals surface area contributed by atoms with Crippen molar-refractivity contribution < 1.29 is 0 Å². The van der Waals surface area contributed by atoms with E-state index in [1.165, 1.54) is 0 Å². The molecule has 2 bridgehead atoms. The first-order chi connectivity index (χ1) is 5.43. The molecule has 2 aliphatic rings. The van der Waals surface area contributed by atoms with Crippen molar-refractivity contribution in [1.29, 1.82) is 0 Å². The highest BCUT2D eigenvalue weighted by Crippen LogP contribution is 2.07. The topological polar surface area (TPSA) is 57.2 Å². The van der Waals surface area contributed by atoms with Crippen LogP contribution in [-0.2, 0) is 0 Å². The van der Waals surface area contributed by atoms with Gasteiger partial charge in [0.25, 0.3) is 0 Å². The van der Waals surface area contributed by atoms with Crippen molar-refractivity contribution in [2.24, 2.45) is 4.99 Å². The second-order valence-corrected chi connectivity index (χ2v) is 2.57. The summed E-state index contributed by atoms with van der Waals surface area (Å²) in [5.74, 6) is 0. The van der Waals surface area contributed by atoms with E-state index in [9.17, 15) is 0 Å². The summed E-state index contributed by atoms with van der Waals surface area (Å²) in [5, 5.41) is 12.2. The lowest BCUT2D eigenvalue weighted by Crippen LogP contribution is -2.34. The highest BCUT2D eigenvalue weighted by molar-refractivity contribution is 5.76. The molecule has 0 atom stereocenters. The van der Waals surface area contributed by atoms with Crippen molar-refractivity contribution in [1.82, 2.24) is 20.3 Å². The first-order valence-corrected chi connectivity index (χ1v) is 3.35. The molecule has 1 N–H and O–H groups in total. The van der Waals surface area contributed by atoms with Gasteiger partial charge in [0.15, 0.2) is 0 Å². The van der Waals surface area contributed by atoms with Crippen LogP contribution in [0.2, 0.25) is 0 Å². The number of hydrogen-bond donors (Lipinski definition) is 1. The summed E-state index contributed by atoms with van der Waals surface area (Å²) in [6, 6.07) is 0. The Bertz CT molecular complexity index is 440. The SMILES string of the molecule is C1=NC2=c3nn[nH]c3=CN1C2. The monoisotopic (exact) mass is 147 g/mol. The van der Waals surface area contributed by atoms with Crippen LogP contribution in [0.4, 0.5) is 0 Å². The smallest absolute Gasteiger partial charge is 0.137 e. The fourth-order valence-corrected chi connectivity index (χ4v) is 1.32. The molecule has 3 heterocycles. The minimum absolute atomic E-state index is 0.833. The Morgan fingerprint density at radius 2 is 2.55 bits per heavy atom. The lowest BCUT2D eigenvalue weighted by Gasteiger charge is -2.07. The van der Waals surface area contributed by atoms with E-state index in [0.717, 1.165) is 22.9 Å². The maximum Gasteiger partial charge on any atom is 0.137 e. The zero-order valence-electron chi connectivity index (χ0n) is 5.65. The molecular weight excluding hydrogens is 142 g/mol. The van der Waals surface area contributed by atoms with E-state index in [1.54, 1.807) is 6.34 Å². The summed E-state index contributed by atoms with van der Waals surface area (Å²) >= 11 is 0. The van der Waals surface area contributed by atoms with E-state index in [4.69, 9.17) is 0 Å². The third-order valence-electron chi connectivity index (χ3n) is 1.84. The number of nitrogens with one attached hydrogen (secondary N) is 1. The normalized spacial score (nSPS) is 18.5. The molecule has 0 amide bonds. The third-order valence-corrected chi connectivity index (χ3v) is 1.84. The molecule has 0 spiro atoms. The van der Waals surface area contributed by atoms with Gasteiger partial charge in [-0.3, -0.25) is 5.10 Å². The Kier molecular flexibility index (Phi) is 0.689. The van der Waals surface area contributed by atoms with Crippen LogP contribution >= 0.6 is 0 Å². The zero-order valence-corrected chi connectivity index (χ0v) is 5.65. The molecule has 0 unspecified atom stereocenters. The van der Waals surface area contributed by atoms with Gasteiger partial charge in [-0.2, -0.15) is 0 Å². The van der Waals surface area contributed by atoms with Gasteiger partial charge in [0.2, 0.25) is 0 Å². The average Bonchev–Trinajstić information content (AvgIpc) is 2.58. The van der Waals surface area contributed by atoms with Gasteiger partial charge in [0, 0.05) is 6.20 Å². The van der Waals surface area contributed by atoms with Crippen molar-refractivity contribution in [3.05, 3.63) is 10.7 Å². The fraction of sp³-hybridized carbons (Fsp3) is 0.167. The lowest BCUT2D eigenvalue weighted by atomic mass is 10.3. The van der Waals surface area contributed by atoms with Crippen molar-refractivity contribution in [2.75, 3.05) is 6.54 Å². The summed E-state index contributed by atoms with van der Waals surface area (Å²) in [4.78, 5) is 6.17. The Hall–Kier alpha value is -1.65. The molecule has 5 nitrogen and oxygen atoms in total. The number of rotatable bonds is 0. The van der Waals surface area contributed by atoms with Gasteiger partial charge in [-0.25, -0.2) is 4.99 Å². The molecular formula is C6H5N5. The first-order valence-electron chi connectivity index (χ1n) is 3.35. The molecule has 3 rings (SSSR count). The molecule has 1 aromatic rings. The maximum atomic E-state index is 4.18. The summed E-state index contributed by atoms with van der Waals surface area (Å²) in [5.41, 5.74) is 0.997. The summed E-state index contributed by atoms with van der Waals surface area (Å²) in [7, 11) is 0. The minimum Gasteiger partial charge on any atom is -0.331 e. The minimum atomic E-state index is 0.833. The van der Waals surface area contributed by atoms with Gasteiger partial charge in [-0.1, -0.05) is 5.21 Å². The largest absolute Gasteiger partial charge is 0.331 e. The number of H-pyrrole nitrogens is 1. The van der Waals surface area contributed by atoms with Gasteiger partial charge in [0.1, 0.15) is 10.7 Å². The Labute approximate surface area is 61.7 Å². The third kappa shape index (κ3) is 0.524. The molecule has 0 aromatic carbocycles. The van der Waals surface area contributed by atoms with Crippen LogP contribution in [0.15, 0.2) is 4.99 Å². The Balaban J connectivity index is 2.59. The van der Waals surface area contributed by atoms with Crippen molar-refractivity contribution in [3.8, 4) is 0 Å². The van der Waals surface area contributed by atoms with Crippen LogP contribution in [0.25, 0.3) is 11.9 Å². The predicted octanol–water partition coefficient (Wildman–Crippen LogP) is -1.99. The van der Waals surface area contributed by atoms with E-state index >= 15 is 0 Å². The number of aromatic amines is 1. The molecule has 1 aromatic heterocycles. The van der Waals surface area contributed by atoms with Crippen LogP contribution in [0.1, 0.15) is 0 Å². The number of nitrogens with zero attached hydrogens (tertiary/aromatic N) is 4. The zero-order chi connectivity index (χ0) is 7.26. The molecule has 0 radical (unpaired) electrons. The van der Waals surface area contributed by atoms with Crippen LogP contribution in [-0.4, -0.2) is 33.2 Å². The van der Waals surface area contributed by atoms with E-state index in [0.29, 0.717) is 0 Å². The molecule has 54 valence electrons. The number of aromatic nitrogens is 3. The quantitative estimate of drug-likeness (QED) is 0.462. The molecule has 11 heavy (non-hydrogen) atoms. The molecule has 5 heteroatoms. The van der Waals surface area contributed by atoms with Gasteiger partial charge < -0.3 is 4.90 Å². The average molecular weight is 147 g/mol. The molecule has 2 aliphatic heterocycles. The lowest BCUT2D eigenvalue weighted by molar-refractivity contribution is 0.712. The van der Waals surface area contributed by atoms with Gasteiger partial charge in [0.05, 0.1) is 18.6 Å². The Morgan fingerprint density at radius 3 is 3.55 bits per heavy atom. The molecule has 0 aliphatic carbocycles. The van der Waals surface area contributed by atoms with Crippen molar-refractivity contribution >= 4 is 18.2 Å². The maximum absolute atomic E-state index is 4.18. The first kappa shape index (κ1) is 5.06. The van der Waals surface area contributed by atoms with Crippen LogP contribution < -0.4 is 10.7 Å². The molecule has 0 saturated heterocycles. The number of aliphatic imine (C=N–C) groups is 1. The van der Waals surface area contributed by atoms with Gasteiger partial charge in [-0.05, 0) is 0 Å². The van der Waals surface area contributed by atoms with Crippen molar-refractivity contribution in [3.63, 3.8) is 0 Å². The van der Waals surface area contributed by atoms with Gasteiger partial charge in [-0.15, -0.1) is 5.10 Å². The van der Waals surface area contributed by atoms with Crippen LogP contribution in [0, 0.1) is 0 Å². The Morgan fingerprint density at radius 1 is 1.55 bits per heavy atom. The molecule has 0 fully saturated rings. The van der Waals surface area contributed by atoms with Crippen molar-refractivity contribution in [2.45, 2.75) is 0 Å². The van der Waals surface area contributed by atoms with Crippen LogP contribution in [0.3, 0.4) is 0 Å². The van der Waals surface area contributed by atoms with E-state index in [2.05, 4.69) is 20.4 Å². The summed E-state index contributed by atoms with van der Waals surface area (Å²) < 4.78 is 0.